The number of aryl methyl sites for hydroxylation is 2. The molecule has 2 aromatic carbocycles. The van der Waals surface area contributed by atoms with E-state index in [9.17, 15) is 0 Å². The van der Waals surface area contributed by atoms with Crippen LogP contribution in [-0.4, -0.2) is 9.78 Å². The molecule has 0 atom stereocenters. The molecular formula is C17H16N2. The van der Waals surface area contributed by atoms with Gasteiger partial charge >= 0.3 is 0 Å². The third-order valence-electron chi connectivity index (χ3n) is 3.16. The van der Waals surface area contributed by atoms with Gasteiger partial charge in [-0.15, -0.1) is 0 Å². The van der Waals surface area contributed by atoms with Crippen LogP contribution in [0.3, 0.4) is 0 Å². The van der Waals surface area contributed by atoms with Gasteiger partial charge in [-0.25, -0.2) is 4.68 Å². The van der Waals surface area contributed by atoms with Gasteiger partial charge in [0, 0.05) is 11.8 Å². The Balaban J connectivity index is 2.02. The molecular weight excluding hydrogens is 232 g/mol. The summed E-state index contributed by atoms with van der Waals surface area (Å²) < 4.78 is 1.93. The zero-order valence-corrected chi connectivity index (χ0v) is 11.2. The highest BCUT2D eigenvalue weighted by molar-refractivity contribution is 5.62. The van der Waals surface area contributed by atoms with Crippen LogP contribution in [0, 0.1) is 13.8 Å². The molecule has 1 aromatic heterocycles. The Kier molecular flexibility index (Phi) is 2.92. The third kappa shape index (κ3) is 2.43. The van der Waals surface area contributed by atoms with Gasteiger partial charge in [0.05, 0.1) is 11.9 Å². The number of aromatic nitrogens is 2. The van der Waals surface area contributed by atoms with Crippen LogP contribution in [0.5, 0.6) is 0 Å². The van der Waals surface area contributed by atoms with Crippen molar-refractivity contribution in [2.45, 2.75) is 13.8 Å². The lowest BCUT2D eigenvalue weighted by molar-refractivity contribution is 0.878. The molecule has 3 aromatic rings. The molecule has 0 saturated heterocycles. The largest absolute Gasteiger partial charge is 0.240 e. The number of hydrogen-bond donors (Lipinski definition) is 0. The fraction of sp³-hybridized carbons (Fsp3) is 0.118. The first-order valence-electron chi connectivity index (χ1n) is 6.41. The van der Waals surface area contributed by atoms with E-state index >= 15 is 0 Å². The van der Waals surface area contributed by atoms with E-state index in [2.05, 4.69) is 55.5 Å². The first kappa shape index (κ1) is 11.7. The molecule has 0 N–H and O–H groups in total. The summed E-state index contributed by atoms with van der Waals surface area (Å²) in [5.74, 6) is 0. The average molecular weight is 248 g/mol. The van der Waals surface area contributed by atoms with Crippen molar-refractivity contribution < 1.29 is 0 Å². The molecule has 0 aliphatic rings. The minimum absolute atomic E-state index is 1.11. The minimum Gasteiger partial charge on any atom is -0.240 e. The van der Waals surface area contributed by atoms with Crippen molar-refractivity contribution in [1.29, 1.82) is 0 Å². The summed E-state index contributed by atoms with van der Waals surface area (Å²) >= 11 is 0. The minimum atomic E-state index is 1.11. The van der Waals surface area contributed by atoms with E-state index in [1.54, 1.807) is 0 Å². The lowest BCUT2D eigenvalue weighted by Crippen LogP contribution is -1.95. The van der Waals surface area contributed by atoms with Crippen LogP contribution in [0.4, 0.5) is 0 Å². The molecule has 0 aliphatic heterocycles. The van der Waals surface area contributed by atoms with Gasteiger partial charge in [0.2, 0.25) is 0 Å². The van der Waals surface area contributed by atoms with Gasteiger partial charge in [-0.2, -0.15) is 5.10 Å². The summed E-state index contributed by atoms with van der Waals surface area (Å²) in [6.45, 7) is 4.22. The van der Waals surface area contributed by atoms with Gasteiger partial charge in [-0.3, -0.25) is 0 Å². The van der Waals surface area contributed by atoms with Gasteiger partial charge < -0.3 is 0 Å². The Morgan fingerprint density at radius 2 is 1.53 bits per heavy atom. The van der Waals surface area contributed by atoms with Crippen LogP contribution in [0.15, 0.2) is 60.9 Å². The summed E-state index contributed by atoms with van der Waals surface area (Å²) in [6, 6.07) is 16.8. The number of rotatable bonds is 2. The predicted octanol–water partition coefficient (Wildman–Crippen LogP) is 4.16. The molecule has 0 bridgehead atoms. The maximum absolute atomic E-state index is 4.46. The molecule has 94 valence electrons. The van der Waals surface area contributed by atoms with Gasteiger partial charge in [0.25, 0.3) is 0 Å². The molecule has 1 heterocycles. The van der Waals surface area contributed by atoms with E-state index in [0.717, 1.165) is 11.3 Å². The molecule has 2 nitrogen and oxygen atoms in total. The summed E-state index contributed by atoms with van der Waals surface area (Å²) in [5.41, 5.74) is 5.95. The standard InChI is InChI=1S/C17H16N2/c1-13-8-14(2)10-17(9-13)19-12-16(11-18-19)15-6-4-3-5-7-15/h3-12H,1-2H3. The Hall–Kier alpha value is -2.35. The molecule has 0 fully saturated rings. The van der Waals surface area contributed by atoms with Crippen molar-refractivity contribution in [3.05, 3.63) is 72.1 Å². The molecule has 0 saturated carbocycles. The first-order valence-corrected chi connectivity index (χ1v) is 6.41. The fourth-order valence-corrected chi connectivity index (χ4v) is 2.33. The molecule has 2 heteroatoms. The molecule has 3 rings (SSSR count). The van der Waals surface area contributed by atoms with Crippen molar-refractivity contribution in [3.63, 3.8) is 0 Å². The summed E-state index contributed by atoms with van der Waals surface area (Å²) in [5, 5.41) is 4.46. The highest BCUT2D eigenvalue weighted by Crippen LogP contribution is 2.20. The number of benzene rings is 2. The predicted molar refractivity (Wildman–Crippen MR) is 78.5 cm³/mol. The van der Waals surface area contributed by atoms with Crippen molar-refractivity contribution in [2.75, 3.05) is 0 Å². The van der Waals surface area contributed by atoms with Crippen LogP contribution >= 0.6 is 0 Å². The molecule has 0 spiro atoms. The molecule has 0 radical (unpaired) electrons. The summed E-state index contributed by atoms with van der Waals surface area (Å²) in [6.07, 6.45) is 3.98. The van der Waals surface area contributed by atoms with Crippen molar-refractivity contribution in [3.8, 4) is 16.8 Å². The first-order chi connectivity index (χ1) is 9.22. The van der Waals surface area contributed by atoms with Crippen LogP contribution in [0.2, 0.25) is 0 Å². The van der Waals surface area contributed by atoms with Crippen molar-refractivity contribution >= 4 is 0 Å². The van der Waals surface area contributed by atoms with E-state index in [1.165, 1.54) is 16.7 Å². The van der Waals surface area contributed by atoms with E-state index in [4.69, 9.17) is 0 Å². The topological polar surface area (TPSA) is 17.8 Å². The Morgan fingerprint density at radius 1 is 0.842 bits per heavy atom. The highest BCUT2D eigenvalue weighted by atomic mass is 15.3. The maximum atomic E-state index is 4.46. The van der Waals surface area contributed by atoms with Gasteiger partial charge in [0.1, 0.15) is 0 Å². The quantitative estimate of drug-likeness (QED) is 0.666. The SMILES string of the molecule is Cc1cc(C)cc(-n2cc(-c3ccccc3)cn2)c1. The van der Waals surface area contributed by atoms with Crippen molar-refractivity contribution in [2.24, 2.45) is 0 Å². The molecule has 0 amide bonds. The van der Waals surface area contributed by atoms with E-state index in [1.807, 2.05) is 29.1 Å². The second-order valence-corrected chi connectivity index (χ2v) is 4.89. The normalized spacial score (nSPS) is 10.6. The van der Waals surface area contributed by atoms with Gasteiger partial charge in [-0.1, -0.05) is 36.4 Å². The molecule has 0 unspecified atom stereocenters. The highest BCUT2D eigenvalue weighted by Gasteiger charge is 2.03. The molecule has 0 aliphatic carbocycles. The van der Waals surface area contributed by atoms with Crippen molar-refractivity contribution in [1.82, 2.24) is 9.78 Å². The van der Waals surface area contributed by atoms with E-state index < -0.39 is 0 Å². The third-order valence-corrected chi connectivity index (χ3v) is 3.16. The van der Waals surface area contributed by atoms with Crippen LogP contribution in [0.1, 0.15) is 11.1 Å². The summed E-state index contributed by atoms with van der Waals surface area (Å²) in [7, 11) is 0. The van der Waals surface area contributed by atoms with E-state index in [0.29, 0.717) is 0 Å². The zero-order chi connectivity index (χ0) is 13.2. The van der Waals surface area contributed by atoms with Gasteiger partial charge in [0.15, 0.2) is 0 Å². The average Bonchev–Trinajstić information content (AvgIpc) is 2.88. The van der Waals surface area contributed by atoms with E-state index in [-0.39, 0.29) is 0 Å². The maximum Gasteiger partial charge on any atom is 0.0651 e. The Morgan fingerprint density at radius 3 is 2.21 bits per heavy atom. The fourth-order valence-electron chi connectivity index (χ4n) is 2.33. The lowest BCUT2D eigenvalue weighted by Gasteiger charge is -2.04. The van der Waals surface area contributed by atoms with Crippen LogP contribution < -0.4 is 0 Å². The second kappa shape index (κ2) is 4.73. The van der Waals surface area contributed by atoms with Crippen LogP contribution in [-0.2, 0) is 0 Å². The summed E-state index contributed by atoms with van der Waals surface area (Å²) in [4.78, 5) is 0. The zero-order valence-electron chi connectivity index (χ0n) is 11.2. The smallest absolute Gasteiger partial charge is 0.0651 e. The number of hydrogen-bond acceptors (Lipinski definition) is 1. The second-order valence-electron chi connectivity index (χ2n) is 4.89. The lowest BCUT2D eigenvalue weighted by atomic mass is 10.1. The molecule has 19 heavy (non-hydrogen) atoms. The monoisotopic (exact) mass is 248 g/mol. The Bertz CT molecular complexity index is 676. The Labute approximate surface area is 113 Å². The number of nitrogens with zero attached hydrogens (tertiary/aromatic N) is 2. The van der Waals surface area contributed by atoms with Gasteiger partial charge in [-0.05, 0) is 42.7 Å². The van der Waals surface area contributed by atoms with Crippen LogP contribution in [0.25, 0.3) is 16.8 Å².